The number of carbonyl (C=O) groups is 1. The Labute approximate surface area is 135 Å². The number of nitrogens with one attached hydrogen (secondary N) is 2. The van der Waals surface area contributed by atoms with Crippen LogP contribution in [-0.4, -0.2) is 53.9 Å². The van der Waals surface area contributed by atoms with Crippen molar-refractivity contribution in [1.82, 2.24) is 15.1 Å². The topological polar surface area (TPSA) is 70.2 Å². The minimum absolute atomic E-state index is 0.00405. The summed E-state index contributed by atoms with van der Waals surface area (Å²) in [5.41, 5.74) is 1.95. The quantitative estimate of drug-likeness (QED) is 0.857. The molecule has 1 aromatic heterocycles. The van der Waals surface area contributed by atoms with Gasteiger partial charge >= 0.3 is 0 Å². The van der Waals surface area contributed by atoms with Gasteiger partial charge < -0.3 is 10.1 Å². The molecule has 0 spiro atoms. The second-order valence-electron chi connectivity index (χ2n) is 5.64. The number of amides is 1. The number of H-pyrrole nitrogens is 1. The van der Waals surface area contributed by atoms with Crippen molar-refractivity contribution in [1.29, 1.82) is 0 Å². The number of aromatic nitrogens is 2. The van der Waals surface area contributed by atoms with Crippen LogP contribution in [0.3, 0.4) is 0 Å². The summed E-state index contributed by atoms with van der Waals surface area (Å²) in [6, 6.07) is 11.8. The van der Waals surface area contributed by atoms with Crippen molar-refractivity contribution in [3.05, 3.63) is 36.4 Å². The average molecular weight is 314 g/mol. The first-order chi connectivity index (χ1) is 11.3. The van der Waals surface area contributed by atoms with E-state index in [4.69, 9.17) is 4.74 Å². The molecule has 0 bridgehead atoms. The Bertz CT molecular complexity index is 621. The number of morpholine rings is 1. The van der Waals surface area contributed by atoms with E-state index >= 15 is 0 Å². The second-order valence-corrected chi connectivity index (χ2v) is 5.64. The molecule has 0 saturated carbocycles. The van der Waals surface area contributed by atoms with Crippen molar-refractivity contribution in [3.8, 4) is 11.3 Å². The molecule has 0 unspecified atom stereocenters. The fourth-order valence-electron chi connectivity index (χ4n) is 2.64. The first-order valence-electron chi connectivity index (χ1n) is 8.02. The number of benzene rings is 1. The monoisotopic (exact) mass is 314 g/mol. The van der Waals surface area contributed by atoms with Crippen LogP contribution < -0.4 is 5.32 Å². The highest BCUT2D eigenvalue weighted by molar-refractivity contribution is 5.90. The van der Waals surface area contributed by atoms with Gasteiger partial charge in [-0.15, -0.1) is 0 Å². The van der Waals surface area contributed by atoms with Gasteiger partial charge in [0.05, 0.1) is 18.9 Å². The zero-order valence-corrected chi connectivity index (χ0v) is 13.1. The maximum Gasteiger partial charge on any atom is 0.225 e. The molecule has 6 nitrogen and oxygen atoms in total. The van der Waals surface area contributed by atoms with Gasteiger partial charge in [-0.1, -0.05) is 30.3 Å². The number of carbonyl (C=O) groups excluding carboxylic acids is 1. The van der Waals surface area contributed by atoms with Crippen molar-refractivity contribution >= 4 is 11.7 Å². The molecule has 2 heterocycles. The molecule has 1 amide bonds. The molecule has 3 rings (SSSR count). The summed E-state index contributed by atoms with van der Waals surface area (Å²) >= 11 is 0. The van der Waals surface area contributed by atoms with Crippen LogP contribution >= 0.6 is 0 Å². The zero-order chi connectivity index (χ0) is 15.9. The van der Waals surface area contributed by atoms with Crippen LogP contribution in [0.25, 0.3) is 11.3 Å². The zero-order valence-electron chi connectivity index (χ0n) is 13.1. The first kappa shape index (κ1) is 15.7. The molecule has 23 heavy (non-hydrogen) atoms. The Hall–Kier alpha value is -2.18. The number of anilines is 1. The van der Waals surface area contributed by atoms with Crippen LogP contribution in [0.5, 0.6) is 0 Å². The fourth-order valence-corrected chi connectivity index (χ4v) is 2.64. The van der Waals surface area contributed by atoms with Crippen molar-refractivity contribution in [2.24, 2.45) is 0 Å². The third kappa shape index (κ3) is 4.64. The lowest BCUT2D eigenvalue weighted by molar-refractivity contribution is -0.116. The van der Waals surface area contributed by atoms with E-state index in [0.717, 1.165) is 50.5 Å². The highest BCUT2D eigenvalue weighted by Gasteiger charge is 2.11. The first-order valence-corrected chi connectivity index (χ1v) is 8.02. The number of nitrogens with zero attached hydrogens (tertiary/aromatic N) is 2. The van der Waals surface area contributed by atoms with Crippen molar-refractivity contribution < 1.29 is 9.53 Å². The predicted octanol–water partition coefficient (Wildman–Crippen LogP) is 2.13. The summed E-state index contributed by atoms with van der Waals surface area (Å²) in [4.78, 5) is 14.3. The van der Waals surface area contributed by atoms with Gasteiger partial charge in [-0.3, -0.25) is 14.8 Å². The number of rotatable bonds is 6. The minimum Gasteiger partial charge on any atom is -0.379 e. The molecule has 1 saturated heterocycles. The van der Waals surface area contributed by atoms with Gasteiger partial charge in [0, 0.05) is 25.6 Å². The smallest absolute Gasteiger partial charge is 0.225 e. The molecular weight excluding hydrogens is 292 g/mol. The van der Waals surface area contributed by atoms with Crippen molar-refractivity contribution in [2.45, 2.75) is 12.8 Å². The number of ether oxygens (including phenoxy) is 1. The van der Waals surface area contributed by atoms with Crippen molar-refractivity contribution in [3.63, 3.8) is 0 Å². The van der Waals surface area contributed by atoms with E-state index in [0.29, 0.717) is 12.2 Å². The van der Waals surface area contributed by atoms with E-state index in [1.807, 2.05) is 36.4 Å². The van der Waals surface area contributed by atoms with Crippen LogP contribution in [0.4, 0.5) is 5.82 Å². The Morgan fingerprint density at radius 2 is 2.04 bits per heavy atom. The summed E-state index contributed by atoms with van der Waals surface area (Å²) in [7, 11) is 0. The van der Waals surface area contributed by atoms with E-state index in [2.05, 4.69) is 20.4 Å². The molecule has 0 aliphatic carbocycles. The van der Waals surface area contributed by atoms with Crippen LogP contribution in [-0.2, 0) is 9.53 Å². The van der Waals surface area contributed by atoms with Gasteiger partial charge in [0.1, 0.15) is 0 Å². The fraction of sp³-hybridized carbons (Fsp3) is 0.412. The van der Waals surface area contributed by atoms with Crippen LogP contribution in [0.2, 0.25) is 0 Å². The summed E-state index contributed by atoms with van der Waals surface area (Å²) in [6.07, 6.45) is 1.35. The van der Waals surface area contributed by atoms with Gasteiger partial charge in [-0.2, -0.15) is 5.10 Å². The van der Waals surface area contributed by atoms with Gasteiger partial charge in [0.15, 0.2) is 5.82 Å². The molecule has 1 aliphatic heterocycles. The van der Waals surface area contributed by atoms with E-state index in [-0.39, 0.29) is 5.91 Å². The lowest BCUT2D eigenvalue weighted by atomic mass is 10.1. The standard InChI is InChI=1S/C17H22N4O2/c22-17(7-4-8-21-9-11-23-12-10-21)18-16-13-15(19-20-16)14-5-2-1-3-6-14/h1-3,5-6,13H,4,7-12H2,(H2,18,19,20,22). The van der Waals surface area contributed by atoms with Crippen LogP contribution in [0, 0.1) is 0 Å². The van der Waals surface area contributed by atoms with E-state index in [1.165, 1.54) is 0 Å². The molecule has 0 radical (unpaired) electrons. The lowest BCUT2D eigenvalue weighted by Crippen LogP contribution is -2.37. The van der Waals surface area contributed by atoms with Crippen molar-refractivity contribution in [2.75, 3.05) is 38.2 Å². The summed E-state index contributed by atoms with van der Waals surface area (Å²) in [5, 5.41) is 9.94. The molecule has 2 aromatic rings. The minimum atomic E-state index is 0.00405. The predicted molar refractivity (Wildman–Crippen MR) is 89.1 cm³/mol. The summed E-state index contributed by atoms with van der Waals surface area (Å²) < 4.78 is 5.31. The number of hydrogen-bond donors (Lipinski definition) is 2. The lowest BCUT2D eigenvalue weighted by Gasteiger charge is -2.26. The summed E-state index contributed by atoms with van der Waals surface area (Å²) in [5.74, 6) is 0.574. The third-order valence-corrected chi connectivity index (χ3v) is 3.91. The maximum absolute atomic E-state index is 12.0. The second kappa shape index (κ2) is 7.89. The number of aromatic amines is 1. The molecule has 6 heteroatoms. The molecule has 122 valence electrons. The Balaban J connectivity index is 1.44. The average Bonchev–Trinajstić information content (AvgIpc) is 3.05. The van der Waals surface area contributed by atoms with Gasteiger partial charge in [0.25, 0.3) is 0 Å². The molecule has 1 aromatic carbocycles. The third-order valence-electron chi connectivity index (χ3n) is 3.91. The highest BCUT2D eigenvalue weighted by Crippen LogP contribution is 2.19. The van der Waals surface area contributed by atoms with Gasteiger partial charge in [-0.05, 0) is 18.5 Å². The Morgan fingerprint density at radius 1 is 1.26 bits per heavy atom. The van der Waals surface area contributed by atoms with Crippen LogP contribution in [0.15, 0.2) is 36.4 Å². The molecule has 2 N–H and O–H groups in total. The number of hydrogen-bond acceptors (Lipinski definition) is 4. The van der Waals surface area contributed by atoms with Gasteiger partial charge in [-0.25, -0.2) is 0 Å². The van der Waals surface area contributed by atoms with E-state index in [9.17, 15) is 4.79 Å². The van der Waals surface area contributed by atoms with E-state index < -0.39 is 0 Å². The highest BCUT2D eigenvalue weighted by atomic mass is 16.5. The summed E-state index contributed by atoms with van der Waals surface area (Å²) in [6.45, 7) is 4.44. The Morgan fingerprint density at radius 3 is 2.83 bits per heavy atom. The largest absolute Gasteiger partial charge is 0.379 e. The molecule has 0 atom stereocenters. The van der Waals surface area contributed by atoms with Crippen LogP contribution in [0.1, 0.15) is 12.8 Å². The normalized spacial score (nSPS) is 15.5. The molecule has 1 fully saturated rings. The molecular formula is C17H22N4O2. The molecule has 1 aliphatic rings. The Kier molecular flexibility index (Phi) is 5.39. The van der Waals surface area contributed by atoms with E-state index in [1.54, 1.807) is 0 Å². The maximum atomic E-state index is 12.0. The van der Waals surface area contributed by atoms with Gasteiger partial charge in [0.2, 0.25) is 5.91 Å². The SMILES string of the molecule is O=C(CCCN1CCOCC1)Nc1cc(-c2ccccc2)[nH]n1.